The number of allylic oxidation sites excluding steroid dienone is 1. The molecule has 0 spiro atoms. The maximum Gasteiger partial charge on any atom is 0.196 e. The fourth-order valence-electron chi connectivity index (χ4n) is 4.47. The molecule has 4 rings (SSSR count). The van der Waals surface area contributed by atoms with E-state index in [1.807, 2.05) is 26.0 Å². The molecule has 0 radical (unpaired) electrons. The summed E-state index contributed by atoms with van der Waals surface area (Å²) in [6.45, 7) is 6.88. The molecule has 10 nitrogen and oxygen atoms in total. The van der Waals surface area contributed by atoms with Crippen LogP contribution in [0.4, 0.5) is 5.69 Å². The zero-order valence-electron chi connectivity index (χ0n) is 21.5. The van der Waals surface area contributed by atoms with Crippen LogP contribution in [0.25, 0.3) is 16.5 Å². The number of anilines is 1. The lowest BCUT2D eigenvalue weighted by Gasteiger charge is -2.20. The van der Waals surface area contributed by atoms with Crippen LogP contribution in [0, 0.1) is 13.8 Å². The largest absolute Gasteiger partial charge is 0.455 e. The molecule has 0 aliphatic carbocycles. The maximum atomic E-state index is 13.5. The van der Waals surface area contributed by atoms with Crippen molar-refractivity contribution in [1.29, 1.82) is 0 Å². The number of aromatic nitrogens is 1. The molecule has 1 atom stereocenters. The molecule has 1 saturated heterocycles. The highest BCUT2D eigenvalue weighted by Crippen LogP contribution is 2.31. The van der Waals surface area contributed by atoms with E-state index >= 15 is 0 Å². The average molecular weight is 539 g/mol. The number of fused-ring (bicyclic) bond motifs is 1. The zero-order valence-corrected chi connectivity index (χ0v) is 22.2. The Morgan fingerprint density at radius 2 is 2.03 bits per heavy atom. The fourth-order valence-corrected chi connectivity index (χ4v) is 4.61. The molecule has 1 unspecified atom stereocenters. The molecular weight excluding hydrogens is 508 g/mol. The highest BCUT2D eigenvalue weighted by Gasteiger charge is 2.21. The number of aliphatic imine (C=N–C) groups is 1. The first kappa shape index (κ1) is 27.2. The number of nitrogens with zero attached hydrogens (tertiary/aromatic N) is 3. The standard InChI is InChI=1S/C27H31ClN6O4/c1-14-10-19(16(3)32-21-4-5-22(28)33-23(21)27(30)34-36)26-20(11-14)24(35)15(2)25(38-26)17(12-29)13-31-18-6-8-37-9-7-18/h4-5,10-13,16,18,32,36H,6-9,29H2,1-3H3,(H2,30,34)/b17-12+,31-13?. The van der Waals surface area contributed by atoms with Crippen LogP contribution in [0.1, 0.15) is 54.0 Å². The number of oxime groups is 1. The van der Waals surface area contributed by atoms with Crippen LogP contribution < -0.4 is 22.2 Å². The van der Waals surface area contributed by atoms with Gasteiger partial charge in [0.2, 0.25) is 0 Å². The number of hydrogen-bond donors (Lipinski definition) is 4. The first-order chi connectivity index (χ1) is 18.2. The van der Waals surface area contributed by atoms with Crippen molar-refractivity contribution >= 4 is 45.9 Å². The lowest BCUT2D eigenvalue weighted by Crippen LogP contribution is -2.20. The minimum atomic E-state index is -0.370. The average Bonchev–Trinajstić information content (AvgIpc) is 2.92. The highest BCUT2D eigenvalue weighted by molar-refractivity contribution is 6.29. The number of rotatable bonds is 7. The molecule has 3 aromatic rings. The van der Waals surface area contributed by atoms with E-state index in [4.69, 9.17) is 32.2 Å². The predicted octanol–water partition coefficient (Wildman–Crippen LogP) is 4.28. The van der Waals surface area contributed by atoms with Crippen molar-refractivity contribution in [2.45, 2.75) is 45.7 Å². The third-order valence-electron chi connectivity index (χ3n) is 6.50. The quantitative estimate of drug-likeness (QED) is 0.114. The van der Waals surface area contributed by atoms with Crippen molar-refractivity contribution in [1.82, 2.24) is 4.98 Å². The van der Waals surface area contributed by atoms with Gasteiger partial charge in [0.1, 0.15) is 22.2 Å². The Bertz CT molecular complexity index is 1490. The van der Waals surface area contributed by atoms with Crippen molar-refractivity contribution in [2.75, 3.05) is 18.5 Å². The summed E-state index contributed by atoms with van der Waals surface area (Å²) in [5.74, 6) is 0.172. The van der Waals surface area contributed by atoms with Crippen LogP contribution in [0.3, 0.4) is 0 Å². The van der Waals surface area contributed by atoms with Gasteiger partial charge in [-0.25, -0.2) is 4.98 Å². The molecule has 2 aromatic heterocycles. The minimum absolute atomic E-state index is 0.130. The van der Waals surface area contributed by atoms with Crippen LogP contribution in [0.15, 0.2) is 49.8 Å². The molecule has 1 aliphatic heterocycles. The first-order valence-corrected chi connectivity index (χ1v) is 12.6. The van der Waals surface area contributed by atoms with Gasteiger partial charge in [-0.2, -0.15) is 0 Å². The van der Waals surface area contributed by atoms with Gasteiger partial charge in [-0.1, -0.05) is 22.8 Å². The van der Waals surface area contributed by atoms with Crippen LogP contribution in [-0.2, 0) is 4.74 Å². The Kier molecular flexibility index (Phi) is 8.33. The Balaban J connectivity index is 1.79. The third kappa shape index (κ3) is 5.66. The Morgan fingerprint density at radius 1 is 1.29 bits per heavy atom. The molecule has 1 aromatic carbocycles. The molecule has 6 N–H and O–H groups in total. The second-order valence-corrected chi connectivity index (χ2v) is 9.63. The number of nitrogens with two attached hydrogens (primary N) is 2. The summed E-state index contributed by atoms with van der Waals surface area (Å²) in [4.78, 5) is 22.3. The summed E-state index contributed by atoms with van der Waals surface area (Å²) >= 11 is 6.03. The molecule has 1 fully saturated rings. The normalized spacial score (nSPS) is 16.3. The van der Waals surface area contributed by atoms with Gasteiger partial charge in [0.15, 0.2) is 11.3 Å². The molecule has 0 bridgehead atoms. The lowest BCUT2D eigenvalue weighted by molar-refractivity contribution is 0.0872. The highest BCUT2D eigenvalue weighted by atomic mass is 35.5. The van der Waals surface area contributed by atoms with Crippen LogP contribution in [-0.4, -0.2) is 41.5 Å². The summed E-state index contributed by atoms with van der Waals surface area (Å²) in [7, 11) is 0. The second kappa shape index (κ2) is 11.7. The molecule has 200 valence electrons. The van der Waals surface area contributed by atoms with Gasteiger partial charge >= 0.3 is 0 Å². The topological polar surface area (TPSA) is 161 Å². The van der Waals surface area contributed by atoms with Gasteiger partial charge in [-0.05, 0) is 57.4 Å². The summed E-state index contributed by atoms with van der Waals surface area (Å²) < 4.78 is 11.8. The van der Waals surface area contributed by atoms with Crippen molar-refractivity contribution in [3.8, 4) is 0 Å². The van der Waals surface area contributed by atoms with Crippen molar-refractivity contribution < 1.29 is 14.4 Å². The Hall–Kier alpha value is -3.89. The molecular formula is C27H31ClN6O4. The van der Waals surface area contributed by atoms with Gasteiger partial charge in [-0.15, -0.1) is 0 Å². The molecule has 0 saturated carbocycles. The monoisotopic (exact) mass is 538 g/mol. The van der Waals surface area contributed by atoms with Crippen molar-refractivity contribution in [3.63, 3.8) is 0 Å². The lowest BCUT2D eigenvalue weighted by atomic mass is 9.99. The number of halogens is 1. The van der Waals surface area contributed by atoms with Crippen molar-refractivity contribution in [2.24, 2.45) is 21.6 Å². The van der Waals surface area contributed by atoms with Gasteiger partial charge in [0.05, 0.1) is 28.7 Å². The summed E-state index contributed by atoms with van der Waals surface area (Å²) in [6, 6.07) is 6.79. The van der Waals surface area contributed by atoms with E-state index in [0.29, 0.717) is 46.8 Å². The predicted molar refractivity (Wildman–Crippen MR) is 150 cm³/mol. The van der Waals surface area contributed by atoms with Gasteiger partial charge in [0, 0.05) is 36.8 Å². The van der Waals surface area contributed by atoms with E-state index in [9.17, 15) is 10.0 Å². The third-order valence-corrected chi connectivity index (χ3v) is 6.71. The van der Waals surface area contributed by atoms with E-state index in [2.05, 4.69) is 20.4 Å². The number of nitrogens with one attached hydrogen (secondary N) is 1. The fraction of sp³-hybridized carbons (Fsp3) is 0.333. The van der Waals surface area contributed by atoms with E-state index in [0.717, 1.165) is 24.0 Å². The molecule has 38 heavy (non-hydrogen) atoms. The number of amidine groups is 1. The summed E-state index contributed by atoms with van der Waals surface area (Å²) in [5.41, 5.74) is 15.3. The molecule has 1 aliphatic rings. The first-order valence-electron chi connectivity index (χ1n) is 12.3. The number of ether oxygens (including phenoxy) is 1. The smallest absolute Gasteiger partial charge is 0.196 e. The van der Waals surface area contributed by atoms with Crippen LogP contribution in [0.2, 0.25) is 5.15 Å². The van der Waals surface area contributed by atoms with Crippen LogP contribution in [0.5, 0.6) is 0 Å². The maximum absolute atomic E-state index is 13.5. The Labute approximate surface area is 225 Å². The van der Waals surface area contributed by atoms with E-state index in [-0.39, 0.29) is 34.2 Å². The molecule has 0 amide bonds. The van der Waals surface area contributed by atoms with Gasteiger partial charge in [0.25, 0.3) is 0 Å². The minimum Gasteiger partial charge on any atom is -0.455 e. The van der Waals surface area contributed by atoms with Crippen LogP contribution >= 0.6 is 11.6 Å². The summed E-state index contributed by atoms with van der Waals surface area (Å²) in [5, 5.41) is 16.2. The van der Waals surface area contributed by atoms with Crippen molar-refractivity contribution in [3.05, 3.63) is 74.0 Å². The van der Waals surface area contributed by atoms with Gasteiger partial charge < -0.3 is 31.1 Å². The van der Waals surface area contributed by atoms with Gasteiger partial charge in [-0.3, -0.25) is 9.79 Å². The number of hydrogen-bond acceptors (Lipinski definition) is 9. The SMILES string of the molecule is Cc1cc(C(C)Nc2ccc(Cl)nc2/C(N)=N/O)c2oc(/C(C=NC3CCOCC3)=C/N)c(C)c(=O)c2c1. The number of aryl methyl sites for hydroxylation is 1. The second-order valence-electron chi connectivity index (χ2n) is 9.24. The van der Waals surface area contributed by atoms with E-state index < -0.39 is 0 Å². The molecule has 11 heteroatoms. The zero-order chi connectivity index (χ0) is 27.4. The van der Waals surface area contributed by atoms with E-state index in [1.165, 1.54) is 6.20 Å². The number of pyridine rings is 1. The number of benzene rings is 1. The summed E-state index contributed by atoms with van der Waals surface area (Å²) in [6.07, 6.45) is 4.73. The molecule has 3 heterocycles. The van der Waals surface area contributed by atoms with E-state index in [1.54, 1.807) is 25.3 Å². The Morgan fingerprint density at radius 3 is 2.71 bits per heavy atom.